The molecule has 0 aliphatic rings. The first-order chi connectivity index (χ1) is 13.7. The number of nitrogens with zero attached hydrogens (tertiary/aromatic N) is 1. The van der Waals surface area contributed by atoms with Gasteiger partial charge in [0.05, 0.1) is 12.7 Å². The lowest BCUT2D eigenvalue weighted by atomic mass is 10.1. The maximum atomic E-state index is 13.4. The fraction of sp³-hybridized carbons (Fsp3) is 0.227. The number of esters is 1. The van der Waals surface area contributed by atoms with E-state index < -0.39 is 17.8 Å². The highest BCUT2D eigenvalue weighted by atomic mass is 19.4. The summed E-state index contributed by atoms with van der Waals surface area (Å²) in [4.78, 5) is 11.6. The molecule has 0 saturated carbocycles. The number of anilines is 1. The third-order valence-corrected chi connectivity index (χ3v) is 4.58. The van der Waals surface area contributed by atoms with Gasteiger partial charge in [-0.05, 0) is 43.2 Å². The second-order valence-electron chi connectivity index (χ2n) is 6.61. The van der Waals surface area contributed by atoms with Crippen molar-refractivity contribution in [2.24, 2.45) is 7.05 Å². The van der Waals surface area contributed by atoms with Crippen molar-refractivity contribution in [3.8, 4) is 11.3 Å². The molecule has 4 nitrogen and oxygen atoms in total. The Hall–Kier alpha value is -3.22. The Kier molecular flexibility index (Phi) is 5.68. The Labute approximate surface area is 166 Å². The Morgan fingerprint density at radius 3 is 2.48 bits per heavy atom. The first-order valence-electron chi connectivity index (χ1n) is 9.09. The number of ether oxygens (including phenoxy) is 1. The average Bonchev–Trinajstić information content (AvgIpc) is 2.97. The summed E-state index contributed by atoms with van der Waals surface area (Å²) < 4.78 is 46.8. The lowest BCUT2D eigenvalue weighted by Crippen LogP contribution is -2.21. The standard InChI is InChI=1S/C22H21F3N2O2/c1-4-29-21(28)13-20(22(23,24)25)26-17-11-16-12-19(15-8-6-5-7-9-15)27(3)18(16)10-14(17)2/h5-13,26H,4H2,1-3H3/b20-13-. The van der Waals surface area contributed by atoms with Crippen LogP contribution in [0.3, 0.4) is 0 Å². The molecule has 3 rings (SSSR count). The molecule has 0 radical (unpaired) electrons. The highest BCUT2D eigenvalue weighted by Crippen LogP contribution is 2.33. The van der Waals surface area contributed by atoms with E-state index in [0.29, 0.717) is 11.6 Å². The van der Waals surface area contributed by atoms with Gasteiger partial charge in [0.25, 0.3) is 0 Å². The molecule has 0 aliphatic heterocycles. The molecule has 0 fully saturated rings. The molecule has 0 bridgehead atoms. The molecule has 0 atom stereocenters. The monoisotopic (exact) mass is 402 g/mol. The second-order valence-corrected chi connectivity index (χ2v) is 6.61. The van der Waals surface area contributed by atoms with Gasteiger partial charge in [0.1, 0.15) is 5.70 Å². The van der Waals surface area contributed by atoms with Crippen LogP contribution in [0.4, 0.5) is 18.9 Å². The van der Waals surface area contributed by atoms with E-state index in [2.05, 4.69) is 10.1 Å². The molecule has 0 amide bonds. The minimum Gasteiger partial charge on any atom is -0.463 e. The van der Waals surface area contributed by atoms with Crippen LogP contribution >= 0.6 is 0 Å². The highest BCUT2D eigenvalue weighted by Gasteiger charge is 2.35. The van der Waals surface area contributed by atoms with Crippen LogP contribution in [-0.2, 0) is 16.6 Å². The summed E-state index contributed by atoms with van der Waals surface area (Å²) in [7, 11) is 1.92. The van der Waals surface area contributed by atoms with E-state index in [9.17, 15) is 18.0 Å². The molecule has 1 aromatic heterocycles. The van der Waals surface area contributed by atoms with Crippen LogP contribution in [0, 0.1) is 6.92 Å². The largest absolute Gasteiger partial charge is 0.463 e. The molecule has 152 valence electrons. The maximum absolute atomic E-state index is 13.4. The normalized spacial score (nSPS) is 12.3. The quantitative estimate of drug-likeness (QED) is 0.448. The number of aryl methyl sites for hydroxylation is 2. The number of nitrogens with one attached hydrogen (secondary N) is 1. The van der Waals surface area contributed by atoms with Gasteiger partial charge in [-0.3, -0.25) is 0 Å². The Morgan fingerprint density at radius 1 is 1.17 bits per heavy atom. The van der Waals surface area contributed by atoms with Crippen LogP contribution in [0.5, 0.6) is 0 Å². The molecule has 3 aromatic rings. The van der Waals surface area contributed by atoms with Crippen LogP contribution in [0.15, 0.2) is 60.3 Å². The van der Waals surface area contributed by atoms with Gasteiger partial charge in [0.15, 0.2) is 0 Å². The SMILES string of the molecule is CCOC(=O)/C=C(\Nc1cc2cc(-c3ccccc3)n(C)c2cc1C)C(F)(F)F. The molecular weight excluding hydrogens is 381 g/mol. The number of alkyl halides is 3. The Bertz CT molecular complexity index is 1070. The second kappa shape index (κ2) is 8.03. The van der Waals surface area contributed by atoms with Gasteiger partial charge in [0, 0.05) is 29.3 Å². The van der Waals surface area contributed by atoms with E-state index in [1.807, 2.05) is 54.1 Å². The average molecular weight is 402 g/mol. The van der Waals surface area contributed by atoms with Gasteiger partial charge in [-0.2, -0.15) is 13.2 Å². The number of hydrogen-bond donors (Lipinski definition) is 1. The zero-order chi connectivity index (χ0) is 21.2. The summed E-state index contributed by atoms with van der Waals surface area (Å²) in [6.45, 7) is 3.25. The number of halogens is 3. The van der Waals surface area contributed by atoms with Crippen molar-refractivity contribution in [1.82, 2.24) is 4.57 Å². The molecule has 1 N–H and O–H groups in total. The zero-order valence-electron chi connectivity index (χ0n) is 16.3. The van der Waals surface area contributed by atoms with Gasteiger partial charge in [-0.15, -0.1) is 0 Å². The number of carbonyl (C=O) groups excluding carboxylic acids is 1. The lowest BCUT2D eigenvalue weighted by molar-refractivity contribution is -0.138. The first-order valence-corrected chi connectivity index (χ1v) is 9.09. The van der Waals surface area contributed by atoms with Crippen molar-refractivity contribution in [1.29, 1.82) is 0 Å². The number of carbonyl (C=O) groups is 1. The van der Waals surface area contributed by atoms with Crippen molar-refractivity contribution in [3.63, 3.8) is 0 Å². The maximum Gasteiger partial charge on any atom is 0.431 e. The molecule has 0 unspecified atom stereocenters. The number of fused-ring (bicyclic) bond motifs is 1. The summed E-state index contributed by atoms with van der Waals surface area (Å²) in [6.07, 6.45) is -4.28. The summed E-state index contributed by atoms with van der Waals surface area (Å²) >= 11 is 0. The molecule has 0 spiro atoms. The van der Waals surface area contributed by atoms with Crippen molar-refractivity contribution >= 4 is 22.6 Å². The van der Waals surface area contributed by atoms with E-state index in [4.69, 9.17) is 0 Å². The van der Waals surface area contributed by atoms with Crippen molar-refractivity contribution in [3.05, 3.63) is 65.9 Å². The van der Waals surface area contributed by atoms with Crippen LogP contribution in [-0.4, -0.2) is 23.3 Å². The van der Waals surface area contributed by atoms with Crippen LogP contribution < -0.4 is 5.32 Å². The minimum atomic E-state index is -4.72. The summed E-state index contributed by atoms with van der Waals surface area (Å²) in [5.74, 6) is -1.04. The van der Waals surface area contributed by atoms with Crippen LogP contribution in [0.1, 0.15) is 12.5 Å². The highest BCUT2D eigenvalue weighted by molar-refractivity contribution is 5.91. The third-order valence-electron chi connectivity index (χ3n) is 4.58. The molecule has 0 saturated heterocycles. The van der Waals surface area contributed by atoms with Gasteiger partial charge < -0.3 is 14.6 Å². The molecule has 2 aromatic carbocycles. The Balaban J connectivity index is 2.03. The predicted octanol–water partition coefficient (Wildman–Crippen LogP) is 5.57. The predicted molar refractivity (Wildman–Crippen MR) is 107 cm³/mol. The van der Waals surface area contributed by atoms with Crippen LogP contribution in [0.2, 0.25) is 0 Å². The summed E-state index contributed by atoms with van der Waals surface area (Å²) in [5, 5.41) is 3.15. The number of rotatable bonds is 5. The van der Waals surface area contributed by atoms with Crippen molar-refractivity contribution in [2.75, 3.05) is 11.9 Å². The smallest absolute Gasteiger partial charge is 0.431 e. The molecule has 1 heterocycles. The molecule has 0 aliphatic carbocycles. The van der Waals surface area contributed by atoms with E-state index >= 15 is 0 Å². The number of benzene rings is 2. The topological polar surface area (TPSA) is 43.3 Å². The fourth-order valence-corrected chi connectivity index (χ4v) is 3.15. The third kappa shape index (κ3) is 4.45. The van der Waals surface area contributed by atoms with E-state index in [-0.39, 0.29) is 12.3 Å². The van der Waals surface area contributed by atoms with Gasteiger partial charge in [-0.1, -0.05) is 30.3 Å². The van der Waals surface area contributed by atoms with Crippen LogP contribution in [0.25, 0.3) is 22.2 Å². The minimum absolute atomic E-state index is 0.00225. The first kappa shape index (κ1) is 20.5. The van der Waals surface area contributed by atoms with E-state index in [1.165, 1.54) is 6.92 Å². The van der Waals surface area contributed by atoms with Crippen molar-refractivity contribution in [2.45, 2.75) is 20.0 Å². The number of hydrogen-bond acceptors (Lipinski definition) is 3. The zero-order valence-corrected chi connectivity index (χ0v) is 16.3. The van der Waals surface area contributed by atoms with Gasteiger partial charge in [0.2, 0.25) is 0 Å². The fourth-order valence-electron chi connectivity index (χ4n) is 3.15. The molecular formula is C22H21F3N2O2. The molecule has 29 heavy (non-hydrogen) atoms. The van der Waals surface area contributed by atoms with Gasteiger partial charge >= 0.3 is 12.1 Å². The lowest BCUT2D eigenvalue weighted by Gasteiger charge is -2.16. The van der Waals surface area contributed by atoms with E-state index in [0.717, 1.165) is 22.2 Å². The van der Waals surface area contributed by atoms with Crippen molar-refractivity contribution < 1.29 is 22.7 Å². The number of allylic oxidation sites excluding steroid dienone is 1. The summed E-state index contributed by atoms with van der Waals surface area (Å²) in [6, 6.07) is 15.1. The van der Waals surface area contributed by atoms with Gasteiger partial charge in [-0.25, -0.2) is 4.79 Å². The number of aromatic nitrogens is 1. The Morgan fingerprint density at radius 2 is 1.86 bits per heavy atom. The molecule has 7 heteroatoms. The summed E-state index contributed by atoms with van der Waals surface area (Å²) in [5.41, 5.74) is 2.59. The van der Waals surface area contributed by atoms with E-state index in [1.54, 1.807) is 13.0 Å².